The molecule has 19 heteroatoms. The number of aliphatic hydroxyl groups is 1. The molecule has 0 aromatic heterocycles. The van der Waals surface area contributed by atoms with Gasteiger partial charge in [-0.05, 0) is 83.5 Å². The van der Waals surface area contributed by atoms with Gasteiger partial charge in [-0.15, -0.1) is 0 Å². The van der Waals surface area contributed by atoms with Gasteiger partial charge in [0.15, 0.2) is 12.2 Å². The highest BCUT2D eigenvalue weighted by atomic mass is 31.2. The second-order valence-corrected chi connectivity index (χ2v) is 30.3. The van der Waals surface area contributed by atoms with Crippen LogP contribution in [-0.4, -0.2) is 96.7 Å². The van der Waals surface area contributed by atoms with Crippen molar-refractivity contribution >= 4 is 39.5 Å². The van der Waals surface area contributed by atoms with Crippen LogP contribution in [0.25, 0.3) is 0 Å². The van der Waals surface area contributed by atoms with Gasteiger partial charge in [-0.1, -0.05) is 315 Å². The molecule has 0 heterocycles. The molecule has 0 spiro atoms. The smallest absolute Gasteiger partial charge is 0.462 e. The van der Waals surface area contributed by atoms with E-state index in [1.54, 1.807) is 0 Å². The summed E-state index contributed by atoms with van der Waals surface area (Å²) >= 11 is 0. The molecule has 0 aliphatic carbocycles. The van der Waals surface area contributed by atoms with Crippen molar-refractivity contribution in [2.24, 2.45) is 0 Å². The van der Waals surface area contributed by atoms with Gasteiger partial charge in [0.25, 0.3) is 0 Å². The molecule has 98 heavy (non-hydrogen) atoms. The molecule has 0 aliphatic heterocycles. The number of rotatable bonds is 77. The van der Waals surface area contributed by atoms with E-state index >= 15 is 0 Å². The van der Waals surface area contributed by atoms with Crippen molar-refractivity contribution in [3.8, 4) is 0 Å². The number of unbranched alkanes of at least 4 members (excludes halogenated alkanes) is 45. The maximum atomic E-state index is 13.1. The fraction of sp³-hybridized carbons (Fsp3) is 0.873. The number of allylic oxidation sites excluding steroid dienone is 6. The van der Waals surface area contributed by atoms with Crippen LogP contribution in [0, 0.1) is 0 Å². The Bertz CT molecular complexity index is 2000. The standard InChI is InChI=1S/C79H148O17P2/c1-5-9-13-17-21-25-29-33-36-40-44-48-52-56-60-64-77(82)90-70-75(96-79(84)66-62-58-54-50-46-42-38-35-31-27-23-19-15-11-7-3)72-94-98(87,88)92-68-73(80)67-91-97(85,86)93-71-74(69-89-76(81)63-59-55-51-47-43-39-32-28-24-20-16-12-8-4)95-78(83)65-61-57-53-49-45-41-37-34-30-26-22-18-14-10-6-2/h21,25,33,35-36,38,73-75,80H,5-20,22-24,26-32,34,37,39-72H2,1-4H3,(H,85,86)(H,87,88)/b25-21-,36-33-,38-35-/t73-,74+,75+/m0/s1. The number of carbonyl (C=O) groups excluding carboxylic acids is 4. The van der Waals surface area contributed by atoms with Crippen LogP contribution in [0.4, 0.5) is 0 Å². The number of hydrogen-bond donors (Lipinski definition) is 3. The van der Waals surface area contributed by atoms with Gasteiger partial charge in [-0.2, -0.15) is 0 Å². The first-order valence-electron chi connectivity index (χ1n) is 40.2. The lowest BCUT2D eigenvalue weighted by Crippen LogP contribution is -2.30. The molecule has 0 amide bonds. The van der Waals surface area contributed by atoms with E-state index in [9.17, 15) is 43.2 Å². The van der Waals surface area contributed by atoms with E-state index in [-0.39, 0.29) is 25.7 Å². The van der Waals surface area contributed by atoms with Gasteiger partial charge >= 0.3 is 39.5 Å². The zero-order valence-electron chi connectivity index (χ0n) is 63.0. The molecule has 3 N–H and O–H groups in total. The molecule has 0 aliphatic rings. The lowest BCUT2D eigenvalue weighted by Gasteiger charge is -2.21. The van der Waals surface area contributed by atoms with E-state index in [1.165, 1.54) is 180 Å². The normalized spacial score (nSPS) is 14.1. The van der Waals surface area contributed by atoms with Crippen LogP contribution < -0.4 is 0 Å². The van der Waals surface area contributed by atoms with E-state index in [1.807, 2.05) is 0 Å². The number of aliphatic hydroxyl groups excluding tert-OH is 1. The lowest BCUT2D eigenvalue weighted by molar-refractivity contribution is -0.161. The Morgan fingerprint density at radius 1 is 0.286 bits per heavy atom. The molecule has 0 aromatic carbocycles. The summed E-state index contributed by atoms with van der Waals surface area (Å²) in [4.78, 5) is 72.9. The number of carbonyl (C=O) groups is 4. The fourth-order valence-corrected chi connectivity index (χ4v) is 13.0. The van der Waals surface area contributed by atoms with E-state index in [0.717, 1.165) is 128 Å². The molecule has 5 atom stereocenters. The number of phosphoric acid groups is 2. The molecule has 0 radical (unpaired) electrons. The molecule has 0 bridgehead atoms. The van der Waals surface area contributed by atoms with Crippen LogP contribution in [-0.2, 0) is 65.4 Å². The Labute approximate surface area is 598 Å². The molecular weight excluding hydrogens is 1280 g/mol. The number of ether oxygens (including phenoxy) is 4. The highest BCUT2D eigenvalue weighted by molar-refractivity contribution is 7.47. The Morgan fingerprint density at radius 2 is 0.500 bits per heavy atom. The summed E-state index contributed by atoms with van der Waals surface area (Å²) in [7, 11) is -9.93. The van der Waals surface area contributed by atoms with E-state index in [2.05, 4.69) is 64.2 Å². The summed E-state index contributed by atoms with van der Waals surface area (Å²) in [6.07, 6.45) is 68.3. The third kappa shape index (κ3) is 71.7. The van der Waals surface area contributed by atoms with Crippen LogP contribution in [0.5, 0.6) is 0 Å². The molecule has 576 valence electrons. The van der Waals surface area contributed by atoms with Crippen molar-refractivity contribution in [3.63, 3.8) is 0 Å². The first kappa shape index (κ1) is 95.3. The van der Waals surface area contributed by atoms with Crippen molar-refractivity contribution in [1.82, 2.24) is 0 Å². The average molecular weight is 1430 g/mol. The maximum Gasteiger partial charge on any atom is 0.472 e. The van der Waals surface area contributed by atoms with Crippen LogP contribution >= 0.6 is 15.6 Å². The molecular formula is C79H148O17P2. The zero-order chi connectivity index (χ0) is 71.8. The Balaban J connectivity index is 5.32. The van der Waals surface area contributed by atoms with Crippen LogP contribution in [0.1, 0.15) is 387 Å². The van der Waals surface area contributed by atoms with Crippen LogP contribution in [0.15, 0.2) is 36.5 Å². The molecule has 17 nitrogen and oxygen atoms in total. The molecule has 0 aromatic rings. The average Bonchev–Trinajstić information content (AvgIpc) is 1.04. The van der Waals surface area contributed by atoms with Gasteiger partial charge in [0.2, 0.25) is 0 Å². The van der Waals surface area contributed by atoms with E-state index in [0.29, 0.717) is 25.7 Å². The molecule has 2 unspecified atom stereocenters. The van der Waals surface area contributed by atoms with Gasteiger partial charge in [-0.3, -0.25) is 37.3 Å². The topological polar surface area (TPSA) is 237 Å². The SMILES string of the molecule is CCCCC/C=C\C/C=C\CCCCCCCC(=O)OC[C@H](COP(=O)(O)OC[C@@H](O)COP(=O)(O)OC[C@@H](COC(=O)CCCCCCCCCCCCCCC)OC(=O)CCCCCCCCCCCCCCCCC)OC(=O)CCCCCCC/C=C\CCCCCCCC. The van der Waals surface area contributed by atoms with E-state index in [4.69, 9.17) is 37.0 Å². The molecule has 0 fully saturated rings. The lowest BCUT2D eigenvalue weighted by atomic mass is 10.0. The minimum Gasteiger partial charge on any atom is -0.462 e. The van der Waals surface area contributed by atoms with Gasteiger partial charge in [0.05, 0.1) is 26.4 Å². The predicted octanol–water partition coefficient (Wildman–Crippen LogP) is 23.1. The molecule has 0 rings (SSSR count). The minimum atomic E-state index is -4.97. The third-order valence-electron chi connectivity index (χ3n) is 17.6. The summed E-state index contributed by atoms with van der Waals surface area (Å²) in [5, 5.41) is 10.6. The largest absolute Gasteiger partial charge is 0.472 e. The third-order valence-corrected chi connectivity index (χ3v) is 19.5. The monoisotopic (exact) mass is 1430 g/mol. The van der Waals surface area contributed by atoms with Crippen molar-refractivity contribution < 1.29 is 80.2 Å². The van der Waals surface area contributed by atoms with Crippen molar-refractivity contribution in [2.75, 3.05) is 39.6 Å². The fourth-order valence-electron chi connectivity index (χ4n) is 11.4. The van der Waals surface area contributed by atoms with Gasteiger partial charge in [0.1, 0.15) is 19.3 Å². The van der Waals surface area contributed by atoms with Gasteiger partial charge in [0, 0.05) is 25.7 Å². The predicted molar refractivity (Wildman–Crippen MR) is 400 cm³/mol. The molecule has 0 saturated carbocycles. The van der Waals surface area contributed by atoms with Crippen LogP contribution in [0.2, 0.25) is 0 Å². The van der Waals surface area contributed by atoms with Crippen molar-refractivity contribution in [3.05, 3.63) is 36.5 Å². The number of phosphoric ester groups is 2. The number of hydrogen-bond acceptors (Lipinski definition) is 15. The first-order chi connectivity index (χ1) is 47.7. The number of esters is 4. The highest BCUT2D eigenvalue weighted by Crippen LogP contribution is 2.45. The van der Waals surface area contributed by atoms with Crippen LogP contribution in [0.3, 0.4) is 0 Å². The summed E-state index contributed by atoms with van der Waals surface area (Å²) in [5.74, 6) is -2.15. The molecule has 0 saturated heterocycles. The van der Waals surface area contributed by atoms with E-state index < -0.39 is 97.5 Å². The minimum absolute atomic E-state index is 0.0882. The second kappa shape index (κ2) is 72.6. The van der Waals surface area contributed by atoms with Crippen molar-refractivity contribution in [1.29, 1.82) is 0 Å². The maximum absolute atomic E-state index is 13.1. The van der Waals surface area contributed by atoms with Gasteiger partial charge in [-0.25, -0.2) is 9.13 Å². The summed E-state index contributed by atoms with van der Waals surface area (Å²) in [6.45, 7) is 4.92. The second-order valence-electron chi connectivity index (χ2n) is 27.4. The Kier molecular flexibility index (Phi) is 70.6. The summed E-state index contributed by atoms with van der Waals surface area (Å²) in [6, 6.07) is 0. The first-order valence-corrected chi connectivity index (χ1v) is 43.2. The zero-order valence-corrected chi connectivity index (χ0v) is 64.8. The van der Waals surface area contributed by atoms with Crippen molar-refractivity contribution in [2.45, 2.75) is 406 Å². The van der Waals surface area contributed by atoms with Gasteiger partial charge < -0.3 is 33.8 Å². The highest BCUT2D eigenvalue weighted by Gasteiger charge is 2.30. The quantitative estimate of drug-likeness (QED) is 0.0169. The summed E-state index contributed by atoms with van der Waals surface area (Å²) < 4.78 is 68.6. The summed E-state index contributed by atoms with van der Waals surface area (Å²) in [5.41, 5.74) is 0. The Morgan fingerprint density at radius 3 is 0.786 bits per heavy atom. The Hall–Kier alpha value is -2.72.